The number of hydrogen-bond acceptors (Lipinski definition) is 4. The monoisotopic (exact) mass is 222 g/mol. The SMILES string of the molecule is CN(C)c1nc2cc(N)ccc2nc1Cl. The fraction of sp³-hybridized carbons (Fsp3) is 0.200. The normalized spacial score (nSPS) is 10.6. The molecule has 78 valence electrons. The average Bonchev–Trinajstić information content (AvgIpc) is 2.17. The Balaban J connectivity index is 2.72. The van der Waals surface area contributed by atoms with E-state index in [9.17, 15) is 0 Å². The van der Waals surface area contributed by atoms with Crippen LogP contribution in [0.2, 0.25) is 5.15 Å². The molecule has 0 unspecified atom stereocenters. The van der Waals surface area contributed by atoms with Crippen molar-refractivity contribution in [3.63, 3.8) is 0 Å². The molecule has 4 nitrogen and oxygen atoms in total. The second kappa shape index (κ2) is 3.55. The highest BCUT2D eigenvalue weighted by molar-refractivity contribution is 6.32. The molecule has 15 heavy (non-hydrogen) atoms. The van der Waals surface area contributed by atoms with E-state index >= 15 is 0 Å². The Kier molecular flexibility index (Phi) is 2.36. The minimum atomic E-state index is 0.400. The molecule has 2 N–H and O–H groups in total. The maximum atomic E-state index is 5.99. The van der Waals surface area contributed by atoms with E-state index in [0.717, 1.165) is 11.0 Å². The molecule has 1 heterocycles. The highest BCUT2D eigenvalue weighted by Gasteiger charge is 2.08. The van der Waals surface area contributed by atoms with Crippen LogP contribution in [-0.4, -0.2) is 24.1 Å². The molecule has 2 rings (SSSR count). The Morgan fingerprint density at radius 3 is 2.60 bits per heavy atom. The molecule has 0 radical (unpaired) electrons. The van der Waals surface area contributed by atoms with Gasteiger partial charge in [0.25, 0.3) is 0 Å². The van der Waals surface area contributed by atoms with Gasteiger partial charge in [0.15, 0.2) is 11.0 Å². The molecule has 5 heteroatoms. The summed E-state index contributed by atoms with van der Waals surface area (Å²) in [6.45, 7) is 0. The lowest BCUT2D eigenvalue weighted by atomic mass is 10.2. The first-order valence-electron chi connectivity index (χ1n) is 4.48. The van der Waals surface area contributed by atoms with Gasteiger partial charge in [-0.1, -0.05) is 11.6 Å². The summed E-state index contributed by atoms with van der Waals surface area (Å²) in [6.07, 6.45) is 0. The minimum Gasteiger partial charge on any atom is -0.399 e. The van der Waals surface area contributed by atoms with Crippen molar-refractivity contribution in [3.05, 3.63) is 23.4 Å². The van der Waals surface area contributed by atoms with Crippen LogP contribution in [0.15, 0.2) is 18.2 Å². The van der Waals surface area contributed by atoms with Gasteiger partial charge in [-0.15, -0.1) is 0 Å². The second-order valence-electron chi connectivity index (χ2n) is 3.48. The van der Waals surface area contributed by atoms with Crippen LogP contribution >= 0.6 is 11.6 Å². The van der Waals surface area contributed by atoms with E-state index in [1.54, 1.807) is 12.1 Å². The Bertz CT molecular complexity index is 510. The van der Waals surface area contributed by atoms with Crippen molar-refractivity contribution in [1.29, 1.82) is 0 Å². The number of nitrogens with two attached hydrogens (primary N) is 1. The summed E-state index contributed by atoms with van der Waals surface area (Å²) < 4.78 is 0. The molecule has 0 aliphatic carbocycles. The Labute approximate surface area is 92.7 Å². The third kappa shape index (κ3) is 1.80. The Hall–Kier alpha value is -1.55. The van der Waals surface area contributed by atoms with E-state index in [-0.39, 0.29) is 0 Å². The third-order valence-electron chi connectivity index (χ3n) is 2.05. The average molecular weight is 223 g/mol. The van der Waals surface area contributed by atoms with Crippen LogP contribution in [0.25, 0.3) is 11.0 Å². The van der Waals surface area contributed by atoms with Gasteiger partial charge in [0.1, 0.15) is 0 Å². The summed E-state index contributed by atoms with van der Waals surface area (Å²) in [5.41, 5.74) is 7.85. The molecule has 0 saturated carbocycles. The van der Waals surface area contributed by atoms with Crippen LogP contribution in [0.5, 0.6) is 0 Å². The van der Waals surface area contributed by atoms with Crippen molar-refractivity contribution in [1.82, 2.24) is 9.97 Å². The van der Waals surface area contributed by atoms with Gasteiger partial charge in [0.05, 0.1) is 11.0 Å². The van der Waals surface area contributed by atoms with E-state index in [2.05, 4.69) is 9.97 Å². The predicted octanol–water partition coefficient (Wildman–Crippen LogP) is 1.93. The zero-order valence-electron chi connectivity index (χ0n) is 8.53. The predicted molar refractivity (Wildman–Crippen MR) is 63.3 cm³/mol. The van der Waals surface area contributed by atoms with Gasteiger partial charge < -0.3 is 10.6 Å². The van der Waals surface area contributed by atoms with E-state index in [1.807, 2.05) is 25.1 Å². The molecule has 0 spiro atoms. The summed E-state index contributed by atoms with van der Waals surface area (Å²) in [5, 5.41) is 0.400. The first-order valence-corrected chi connectivity index (χ1v) is 4.86. The number of anilines is 2. The highest BCUT2D eigenvalue weighted by atomic mass is 35.5. The van der Waals surface area contributed by atoms with Crippen molar-refractivity contribution in [2.24, 2.45) is 0 Å². The molecular weight excluding hydrogens is 212 g/mol. The minimum absolute atomic E-state index is 0.400. The topological polar surface area (TPSA) is 55.0 Å². The molecule has 1 aromatic heterocycles. The summed E-state index contributed by atoms with van der Waals surface area (Å²) in [7, 11) is 3.74. The first kappa shape index (κ1) is 9.98. The molecule has 0 saturated heterocycles. The molecule has 0 atom stereocenters. The number of nitrogens with zero attached hydrogens (tertiary/aromatic N) is 3. The lowest BCUT2D eigenvalue weighted by Gasteiger charge is -2.12. The molecule has 0 amide bonds. The highest BCUT2D eigenvalue weighted by Crippen LogP contribution is 2.23. The molecular formula is C10H11ClN4. The fourth-order valence-corrected chi connectivity index (χ4v) is 1.63. The van der Waals surface area contributed by atoms with E-state index in [1.165, 1.54) is 0 Å². The zero-order valence-corrected chi connectivity index (χ0v) is 9.28. The number of benzene rings is 1. The molecule has 2 aromatic rings. The van der Waals surface area contributed by atoms with E-state index in [4.69, 9.17) is 17.3 Å². The van der Waals surface area contributed by atoms with Gasteiger partial charge >= 0.3 is 0 Å². The lowest BCUT2D eigenvalue weighted by molar-refractivity contribution is 1.07. The molecule has 0 aliphatic rings. The third-order valence-corrected chi connectivity index (χ3v) is 2.31. The van der Waals surface area contributed by atoms with Gasteiger partial charge in [-0.25, -0.2) is 9.97 Å². The van der Waals surface area contributed by atoms with Crippen LogP contribution < -0.4 is 10.6 Å². The second-order valence-corrected chi connectivity index (χ2v) is 3.84. The number of fused-ring (bicyclic) bond motifs is 1. The van der Waals surface area contributed by atoms with Gasteiger partial charge in [-0.05, 0) is 18.2 Å². The van der Waals surface area contributed by atoms with Gasteiger partial charge in [0.2, 0.25) is 0 Å². The van der Waals surface area contributed by atoms with Crippen LogP contribution in [0.4, 0.5) is 11.5 Å². The lowest BCUT2D eigenvalue weighted by Crippen LogP contribution is -2.12. The van der Waals surface area contributed by atoms with Crippen molar-refractivity contribution >= 4 is 34.1 Å². The molecule has 1 aromatic carbocycles. The van der Waals surface area contributed by atoms with Gasteiger partial charge in [-0.3, -0.25) is 0 Å². The summed E-state index contributed by atoms with van der Waals surface area (Å²) >= 11 is 5.99. The van der Waals surface area contributed by atoms with Gasteiger partial charge in [0, 0.05) is 19.8 Å². The first-order chi connectivity index (χ1) is 7.08. The molecule has 0 fully saturated rings. The number of halogens is 1. The maximum Gasteiger partial charge on any atom is 0.172 e. The van der Waals surface area contributed by atoms with E-state index in [0.29, 0.717) is 16.7 Å². The number of aromatic nitrogens is 2. The fourth-order valence-electron chi connectivity index (χ4n) is 1.33. The van der Waals surface area contributed by atoms with Crippen molar-refractivity contribution in [2.45, 2.75) is 0 Å². The summed E-state index contributed by atoms with van der Waals surface area (Å²) in [4.78, 5) is 10.4. The molecule has 0 aliphatic heterocycles. The van der Waals surface area contributed by atoms with Crippen LogP contribution in [0.3, 0.4) is 0 Å². The van der Waals surface area contributed by atoms with Gasteiger partial charge in [-0.2, -0.15) is 0 Å². The van der Waals surface area contributed by atoms with Crippen molar-refractivity contribution < 1.29 is 0 Å². The number of nitrogen functional groups attached to an aromatic ring is 1. The zero-order chi connectivity index (χ0) is 11.0. The van der Waals surface area contributed by atoms with Crippen LogP contribution in [0.1, 0.15) is 0 Å². The standard InChI is InChI=1S/C10H11ClN4/c1-15(2)10-9(11)13-7-4-3-6(12)5-8(7)14-10/h3-5H,12H2,1-2H3. The quantitative estimate of drug-likeness (QED) is 0.750. The smallest absolute Gasteiger partial charge is 0.172 e. The molecule has 0 bridgehead atoms. The summed E-state index contributed by atoms with van der Waals surface area (Å²) in [5.74, 6) is 0.648. The van der Waals surface area contributed by atoms with Crippen LogP contribution in [0, 0.1) is 0 Å². The van der Waals surface area contributed by atoms with Crippen molar-refractivity contribution in [3.8, 4) is 0 Å². The Morgan fingerprint density at radius 2 is 1.93 bits per heavy atom. The number of rotatable bonds is 1. The van der Waals surface area contributed by atoms with E-state index < -0.39 is 0 Å². The maximum absolute atomic E-state index is 5.99. The summed E-state index contributed by atoms with van der Waals surface area (Å²) in [6, 6.07) is 5.37. The Morgan fingerprint density at radius 1 is 1.20 bits per heavy atom. The number of hydrogen-bond donors (Lipinski definition) is 1. The van der Waals surface area contributed by atoms with Crippen molar-refractivity contribution in [2.75, 3.05) is 24.7 Å². The van der Waals surface area contributed by atoms with Crippen LogP contribution in [-0.2, 0) is 0 Å². The largest absolute Gasteiger partial charge is 0.399 e.